The second-order valence-corrected chi connectivity index (χ2v) is 6.14. The van der Waals surface area contributed by atoms with Crippen LogP contribution >= 0.6 is 11.6 Å². The van der Waals surface area contributed by atoms with Gasteiger partial charge in [0, 0.05) is 24.3 Å². The van der Waals surface area contributed by atoms with Gasteiger partial charge in [-0.05, 0) is 43.2 Å². The third-order valence-corrected chi connectivity index (χ3v) is 4.30. The number of hydrogen-bond donors (Lipinski definition) is 1. The van der Waals surface area contributed by atoms with Gasteiger partial charge in [-0.2, -0.15) is 0 Å². The third-order valence-electron chi connectivity index (χ3n) is 4.06. The molecule has 0 aliphatic carbocycles. The van der Waals surface area contributed by atoms with E-state index in [0.29, 0.717) is 21.8 Å². The van der Waals surface area contributed by atoms with Gasteiger partial charge in [-0.3, -0.25) is 9.59 Å². The van der Waals surface area contributed by atoms with E-state index >= 15 is 0 Å². The number of halogens is 1. The van der Waals surface area contributed by atoms with Crippen molar-refractivity contribution in [2.75, 3.05) is 25.5 Å². The minimum atomic E-state index is -0.400. The molecule has 130 valence electrons. The summed E-state index contributed by atoms with van der Waals surface area (Å²) in [6, 6.07) is 8.11. The molecule has 0 bridgehead atoms. The first-order valence-corrected chi connectivity index (χ1v) is 8.37. The number of pyridine rings is 1. The molecule has 1 aliphatic rings. The highest BCUT2D eigenvalue weighted by atomic mass is 35.5. The maximum Gasteiger partial charge on any atom is 0.261 e. The van der Waals surface area contributed by atoms with Crippen molar-refractivity contribution in [2.45, 2.75) is 12.8 Å². The van der Waals surface area contributed by atoms with Crippen molar-refractivity contribution in [1.82, 2.24) is 9.88 Å². The number of benzene rings is 1. The smallest absolute Gasteiger partial charge is 0.261 e. The van der Waals surface area contributed by atoms with Crippen LogP contribution in [-0.2, 0) is 0 Å². The Kier molecular flexibility index (Phi) is 5.19. The predicted molar refractivity (Wildman–Crippen MR) is 95.3 cm³/mol. The van der Waals surface area contributed by atoms with E-state index in [4.69, 9.17) is 16.3 Å². The first-order chi connectivity index (χ1) is 12.1. The van der Waals surface area contributed by atoms with Crippen LogP contribution in [0.25, 0.3) is 0 Å². The van der Waals surface area contributed by atoms with Crippen molar-refractivity contribution < 1.29 is 14.3 Å². The molecule has 1 aromatic heterocycles. The van der Waals surface area contributed by atoms with Gasteiger partial charge in [0.05, 0.1) is 18.4 Å². The summed E-state index contributed by atoms with van der Waals surface area (Å²) in [5.74, 6) is -0.308. The van der Waals surface area contributed by atoms with Gasteiger partial charge in [0.15, 0.2) is 0 Å². The molecule has 6 nitrogen and oxygen atoms in total. The van der Waals surface area contributed by atoms with E-state index in [1.54, 1.807) is 41.4 Å². The zero-order valence-electron chi connectivity index (χ0n) is 13.8. The summed E-state index contributed by atoms with van der Waals surface area (Å²) in [5.41, 5.74) is 1.09. The van der Waals surface area contributed by atoms with Crippen LogP contribution in [0.4, 0.5) is 5.69 Å². The van der Waals surface area contributed by atoms with Gasteiger partial charge in [0.25, 0.3) is 11.8 Å². The Morgan fingerprint density at radius 1 is 1.20 bits per heavy atom. The number of carbonyl (C=O) groups is 2. The van der Waals surface area contributed by atoms with Gasteiger partial charge in [0.1, 0.15) is 5.56 Å². The molecule has 1 aliphatic heterocycles. The van der Waals surface area contributed by atoms with Crippen molar-refractivity contribution >= 4 is 29.1 Å². The van der Waals surface area contributed by atoms with Crippen molar-refractivity contribution in [2.24, 2.45) is 0 Å². The number of nitrogens with zero attached hydrogens (tertiary/aromatic N) is 2. The fourth-order valence-electron chi connectivity index (χ4n) is 2.81. The summed E-state index contributed by atoms with van der Waals surface area (Å²) < 4.78 is 5.11. The minimum absolute atomic E-state index is 0.131. The number of likely N-dealkylation sites (tertiary alicyclic amines) is 1. The highest BCUT2D eigenvalue weighted by molar-refractivity contribution is 6.31. The second-order valence-electron chi connectivity index (χ2n) is 5.70. The average Bonchev–Trinajstić information content (AvgIpc) is 3.17. The molecule has 2 heterocycles. The van der Waals surface area contributed by atoms with E-state index in [1.165, 1.54) is 7.11 Å². The van der Waals surface area contributed by atoms with Gasteiger partial charge >= 0.3 is 0 Å². The van der Waals surface area contributed by atoms with Gasteiger partial charge < -0.3 is 15.0 Å². The molecule has 2 amide bonds. The fraction of sp³-hybridized carbons (Fsp3) is 0.278. The lowest BCUT2D eigenvalue weighted by atomic mass is 10.1. The lowest BCUT2D eigenvalue weighted by Crippen LogP contribution is -2.29. The first-order valence-electron chi connectivity index (χ1n) is 7.99. The van der Waals surface area contributed by atoms with Crippen molar-refractivity contribution in [3.63, 3.8) is 0 Å². The first kappa shape index (κ1) is 17.2. The topological polar surface area (TPSA) is 71.5 Å². The van der Waals surface area contributed by atoms with Crippen LogP contribution in [0.15, 0.2) is 36.5 Å². The van der Waals surface area contributed by atoms with Crippen LogP contribution < -0.4 is 10.1 Å². The van der Waals surface area contributed by atoms with E-state index in [9.17, 15) is 9.59 Å². The van der Waals surface area contributed by atoms with Gasteiger partial charge in [-0.15, -0.1) is 0 Å². The lowest BCUT2D eigenvalue weighted by Gasteiger charge is -2.18. The molecule has 2 aromatic rings. The number of carbonyl (C=O) groups excluding carboxylic acids is 2. The Morgan fingerprint density at radius 2 is 1.96 bits per heavy atom. The number of hydrogen-bond acceptors (Lipinski definition) is 4. The summed E-state index contributed by atoms with van der Waals surface area (Å²) in [7, 11) is 1.45. The van der Waals surface area contributed by atoms with E-state index in [0.717, 1.165) is 25.9 Å². The molecule has 3 rings (SSSR count). The molecule has 1 fully saturated rings. The predicted octanol–water partition coefficient (Wildman–Crippen LogP) is 3.23. The van der Waals surface area contributed by atoms with Crippen molar-refractivity contribution in [1.29, 1.82) is 0 Å². The number of nitrogens with one attached hydrogen (secondary N) is 1. The fourth-order valence-corrected chi connectivity index (χ4v) is 2.98. The third kappa shape index (κ3) is 3.74. The van der Waals surface area contributed by atoms with Gasteiger partial charge in [-0.1, -0.05) is 11.6 Å². The lowest BCUT2D eigenvalue weighted by molar-refractivity contribution is 0.0794. The summed E-state index contributed by atoms with van der Waals surface area (Å²) in [5, 5.41) is 3.21. The van der Waals surface area contributed by atoms with Gasteiger partial charge in [-0.25, -0.2) is 4.98 Å². The molecule has 0 spiro atoms. The van der Waals surface area contributed by atoms with Crippen LogP contribution in [0.5, 0.6) is 5.88 Å². The molecular weight excluding hydrogens is 342 g/mol. The Morgan fingerprint density at radius 3 is 2.68 bits per heavy atom. The number of amides is 2. The zero-order chi connectivity index (χ0) is 17.8. The monoisotopic (exact) mass is 359 g/mol. The normalized spacial score (nSPS) is 13.6. The standard InChI is InChI=1S/C18H18ClN3O3/c1-25-17-13(5-4-8-20-17)16(23)21-15-7-6-12(19)11-14(15)18(24)22-9-2-3-10-22/h4-8,11H,2-3,9-10H2,1H3,(H,21,23). The Bertz CT molecular complexity index is 804. The maximum atomic E-state index is 12.7. The van der Waals surface area contributed by atoms with E-state index in [1.807, 2.05) is 0 Å². The summed E-state index contributed by atoms with van der Waals surface area (Å²) >= 11 is 6.06. The maximum absolute atomic E-state index is 12.7. The second kappa shape index (κ2) is 7.53. The molecule has 1 saturated heterocycles. The summed E-state index contributed by atoms with van der Waals surface area (Å²) in [6.45, 7) is 1.43. The van der Waals surface area contributed by atoms with Crippen LogP contribution in [-0.4, -0.2) is 41.9 Å². The molecule has 0 radical (unpaired) electrons. The van der Waals surface area contributed by atoms with Crippen molar-refractivity contribution in [3.8, 4) is 5.88 Å². The molecular formula is C18H18ClN3O3. The summed E-state index contributed by atoms with van der Waals surface area (Å²) in [4.78, 5) is 31.1. The van der Waals surface area contributed by atoms with E-state index in [-0.39, 0.29) is 11.8 Å². The van der Waals surface area contributed by atoms with Crippen LogP contribution in [0.2, 0.25) is 5.02 Å². The Hall–Kier alpha value is -2.60. The van der Waals surface area contributed by atoms with E-state index in [2.05, 4.69) is 10.3 Å². The summed E-state index contributed by atoms with van der Waals surface area (Å²) in [6.07, 6.45) is 3.52. The number of rotatable bonds is 4. The SMILES string of the molecule is COc1ncccc1C(=O)Nc1ccc(Cl)cc1C(=O)N1CCCC1. The number of anilines is 1. The number of aromatic nitrogens is 1. The highest BCUT2D eigenvalue weighted by Crippen LogP contribution is 2.25. The largest absolute Gasteiger partial charge is 0.480 e. The highest BCUT2D eigenvalue weighted by Gasteiger charge is 2.23. The molecule has 0 unspecified atom stereocenters. The molecule has 7 heteroatoms. The van der Waals surface area contributed by atoms with Gasteiger partial charge in [0.2, 0.25) is 5.88 Å². The molecule has 25 heavy (non-hydrogen) atoms. The van der Waals surface area contributed by atoms with E-state index < -0.39 is 5.91 Å². The van der Waals surface area contributed by atoms with Crippen LogP contribution in [0.1, 0.15) is 33.6 Å². The molecule has 0 atom stereocenters. The Balaban J connectivity index is 1.89. The van der Waals surface area contributed by atoms with Crippen molar-refractivity contribution in [3.05, 3.63) is 52.7 Å². The zero-order valence-corrected chi connectivity index (χ0v) is 14.5. The molecule has 1 aromatic carbocycles. The molecule has 0 saturated carbocycles. The number of methoxy groups -OCH3 is 1. The average molecular weight is 360 g/mol. The molecule has 1 N–H and O–H groups in total. The Labute approximate surface area is 150 Å². The minimum Gasteiger partial charge on any atom is -0.480 e. The number of ether oxygens (including phenoxy) is 1. The van der Waals surface area contributed by atoms with Crippen LogP contribution in [0.3, 0.4) is 0 Å². The van der Waals surface area contributed by atoms with Crippen LogP contribution in [0, 0.1) is 0 Å². The quantitative estimate of drug-likeness (QED) is 0.909.